The molecule has 2 N–H and O–H groups in total. The molecule has 0 saturated heterocycles. The molecule has 126 valence electrons. The number of rotatable bonds is 1. The molecule has 2 aromatic rings. The van der Waals surface area contributed by atoms with Gasteiger partial charge in [0.2, 0.25) is 5.95 Å². The zero-order valence-corrected chi connectivity index (χ0v) is 14.2. The second-order valence-electron chi connectivity index (χ2n) is 6.85. The third-order valence-corrected chi connectivity index (χ3v) is 5.36. The Balaban J connectivity index is 1.61. The second kappa shape index (κ2) is 5.24. The molecular weight excluding hydrogens is 328 g/mol. The molecule has 7 nitrogen and oxygen atoms in total. The van der Waals surface area contributed by atoms with E-state index < -0.39 is 0 Å². The molecule has 3 aliphatic rings. The van der Waals surface area contributed by atoms with E-state index >= 15 is 0 Å². The maximum atomic E-state index is 6.26. The molecule has 2 aliphatic carbocycles. The number of ether oxygens (including phenoxy) is 1. The van der Waals surface area contributed by atoms with Gasteiger partial charge in [0.25, 0.3) is 0 Å². The van der Waals surface area contributed by atoms with Gasteiger partial charge in [0, 0.05) is 12.0 Å². The highest BCUT2D eigenvalue weighted by atomic mass is 35.5. The van der Waals surface area contributed by atoms with Crippen molar-refractivity contribution in [1.29, 1.82) is 0 Å². The summed E-state index contributed by atoms with van der Waals surface area (Å²) in [6.45, 7) is 2.66. The largest absolute Gasteiger partial charge is 0.487 e. The van der Waals surface area contributed by atoms with E-state index in [0.29, 0.717) is 41.4 Å². The van der Waals surface area contributed by atoms with E-state index in [4.69, 9.17) is 16.3 Å². The zero-order valence-electron chi connectivity index (χ0n) is 13.4. The maximum Gasteiger partial charge on any atom is 0.230 e. The average Bonchev–Trinajstić information content (AvgIpc) is 3.34. The molecule has 1 aliphatic heterocycles. The molecule has 2 bridgehead atoms. The molecule has 3 heterocycles. The fourth-order valence-corrected chi connectivity index (χ4v) is 3.51. The Hall–Kier alpha value is -2.02. The van der Waals surface area contributed by atoms with Crippen LogP contribution >= 0.6 is 11.6 Å². The van der Waals surface area contributed by atoms with Crippen LogP contribution in [0.2, 0.25) is 5.02 Å². The van der Waals surface area contributed by atoms with Gasteiger partial charge in [0.05, 0.1) is 18.8 Å². The molecule has 0 amide bonds. The van der Waals surface area contributed by atoms with Gasteiger partial charge < -0.3 is 15.4 Å². The molecule has 2 atom stereocenters. The summed E-state index contributed by atoms with van der Waals surface area (Å²) in [6.07, 6.45) is 6.18. The van der Waals surface area contributed by atoms with Crippen LogP contribution in [0.25, 0.3) is 0 Å². The second-order valence-corrected chi connectivity index (χ2v) is 7.26. The molecule has 8 heteroatoms. The lowest BCUT2D eigenvalue weighted by atomic mass is 9.80. The van der Waals surface area contributed by atoms with E-state index in [2.05, 4.69) is 25.7 Å². The lowest BCUT2D eigenvalue weighted by Crippen LogP contribution is -2.41. The van der Waals surface area contributed by atoms with Crippen LogP contribution in [0, 0.1) is 12.8 Å². The lowest BCUT2D eigenvalue weighted by molar-refractivity contribution is 0.163. The van der Waals surface area contributed by atoms with Crippen molar-refractivity contribution >= 4 is 29.2 Å². The average molecular weight is 347 g/mol. The minimum Gasteiger partial charge on any atom is -0.487 e. The molecule has 0 unspecified atom stereocenters. The van der Waals surface area contributed by atoms with Gasteiger partial charge in [-0.1, -0.05) is 11.6 Å². The first kappa shape index (κ1) is 14.3. The van der Waals surface area contributed by atoms with Crippen LogP contribution in [0.1, 0.15) is 37.4 Å². The quantitative estimate of drug-likeness (QED) is 0.825. The highest BCUT2D eigenvalue weighted by molar-refractivity contribution is 6.32. The third-order valence-electron chi connectivity index (χ3n) is 5.08. The van der Waals surface area contributed by atoms with Crippen LogP contribution in [-0.2, 0) is 0 Å². The minimum atomic E-state index is 0.339. The number of halogens is 1. The van der Waals surface area contributed by atoms with Gasteiger partial charge in [0.1, 0.15) is 10.7 Å². The van der Waals surface area contributed by atoms with E-state index in [-0.39, 0.29) is 0 Å². The van der Waals surface area contributed by atoms with Crippen LogP contribution in [0.15, 0.2) is 6.20 Å². The van der Waals surface area contributed by atoms with Crippen molar-refractivity contribution in [2.45, 2.75) is 44.7 Å². The van der Waals surface area contributed by atoms with E-state index in [0.717, 1.165) is 42.9 Å². The van der Waals surface area contributed by atoms with Crippen molar-refractivity contribution in [2.75, 3.05) is 17.2 Å². The van der Waals surface area contributed by atoms with Crippen LogP contribution in [0.5, 0.6) is 5.75 Å². The topological polar surface area (TPSA) is 76.9 Å². The summed E-state index contributed by atoms with van der Waals surface area (Å²) in [5.74, 6) is 3.30. The predicted molar refractivity (Wildman–Crippen MR) is 91.2 cm³/mol. The highest BCUT2D eigenvalue weighted by Crippen LogP contribution is 2.43. The van der Waals surface area contributed by atoms with Crippen LogP contribution in [0.3, 0.4) is 0 Å². The Morgan fingerprint density at radius 2 is 2.17 bits per heavy atom. The summed E-state index contributed by atoms with van der Waals surface area (Å²) in [4.78, 5) is 8.87. The molecule has 0 spiro atoms. The van der Waals surface area contributed by atoms with Crippen molar-refractivity contribution in [3.8, 4) is 5.75 Å². The lowest BCUT2D eigenvalue weighted by Gasteiger charge is -2.37. The summed E-state index contributed by atoms with van der Waals surface area (Å²) in [5.41, 5.74) is 0.904. The van der Waals surface area contributed by atoms with Gasteiger partial charge in [-0.2, -0.15) is 10.1 Å². The highest BCUT2D eigenvalue weighted by Gasteiger charge is 2.35. The molecule has 0 radical (unpaired) electrons. The number of aromatic nitrogens is 4. The summed E-state index contributed by atoms with van der Waals surface area (Å²) in [7, 11) is 0. The standard InChI is InChI=1S/C16H19ClN6O/c1-8-13-15(23(22-8)10-3-4-10)21-16-18-6-11(17)14(20-16)19-12-5-2-9(12)7-24-13/h6,9-10,12H,2-5,7H2,1H3,(H2,18,19,20,21)/t9-,12+/m0/s1. The van der Waals surface area contributed by atoms with Gasteiger partial charge >= 0.3 is 0 Å². The monoisotopic (exact) mass is 346 g/mol. The van der Waals surface area contributed by atoms with E-state index in [9.17, 15) is 0 Å². The first-order valence-corrected chi connectivity index (χ1v) is 8.85. The maximum absolute atomic E-state index is 6.26. The van der Waals surface area contributed by atoms with Crippen molar-refractivity contribution in [3.63, 3.8) is 0 Å². The smallest absolute Gasteiger partial charge is 0.230 e. The molecular formula is C16H19ClN6O. The van der Waals surface area contributed by atoms with Gasteiger partial charge in [-0.15, -0.1) is 0 Å². The Kier molecular flexibility index (Phi) is 3.13. The normalized spacial score (nSPS) is 25.1. The summed E-state index contributed by atoms with van der Waals surface area (Å²) in [5, 5.41) is 12.0. The fraction of sp³-hybridized carbons (Fsp3) is 0.562. The van der Waals surface area contributed by atoms with Crippen molar-refractivity contribution in [2.24, 2.45) is 5.92 Å². The van der Waals surface area contributed by atoms with Crippen molar-refractivity contribution < 1.29 is 4.74 Å². The number of hydrogen-bond donors (Lipinski definition) is 2. The van der Waals surface area contributed by atoms with Gasteiger partial charge in [0.15, 0.2) is 17.4 Å². The SMILES string of the molecule is Cc1nn(C2CC2)c2c1OC[C@@H]1CC[C@H]1Nc1nc(ncc1Cl)N2. The van der Waals surface area contributed by atoms with Gasteiger partial charge in [-0.3, -0.25) is 0 Å². The summed E-state index contributed by atoms with van der Waals surface area (Å²) in [6, 6.07) is 0.778. The first-order valence-electron chi connectivity index (χ1n) is 8.47. The van der Waals surface area contributed by atoms with E-state index in [1.165, 1.54) is 0 Å². The zero-order chi connectivity index (χ0) is 16.3. The first-order chi connectivity index (χ1) is 11.7. The van der Waals surface area contributed by atoms with Crippen LogP contribution in [0.4, 0.5) is 17.6 Å². The van der Waals surface area contributed by atoms with Crippen molar-refractivity contribution in [3.05, 3.63) is 16.9 Å². The minimum absolute atomic E-state index is 0.339. The Morgan fingerprint density at radius 3 is 2.92 bits per heavy atom. The van der Waals surface area contributed by atoms with Gasteiger partial charge in [-0.25, -0.2) is 9.67 Å². The molecule has 2 fully saturated rings. The van der Waals surface area contributed by atoms with Crippen LogP contribution in [-0.4, -0.2) is 32.4 Å². The number of nitrogens with zero attached hydrogens (tertiary/aromatic N) is 4. The Morgan fingerprint density at radius 1 is 1.29 bits per heavy atom. The van der Waals surface area contributed by atoms with Gasteiger partial charge in [-0.05, 0) is 32.6 Å². The van der Waals surface area contributed by atoms with E-state index in [1.807, 2.05) is 11.6 Å². The molecule has 24 heavy (non-hydrogen) atoms. The van der Waals surface area contributed by atoms with E-state index in [1.54, 1.807) is 6.20 Å². The summed E-state index contributed by atoms with van der Waals surface area (Å²) < 4.78 is 8.20. The molecule has 0 aromatic carbocycles. The Bertz CT molecular complexity index is 802. The fourth-order valence-electron chi connectivity index (χ4n) is 3.36. The molecule has 5 rings (SSSR count). The number of anilines is 3. The summed E-state index contributed by atoms with van der Waals surface area (Å²) >= 11 is 6.26. The third kappa shape index (κ3) is 2.30. The number of hydrogen-bond acceptors (Lipinski definition) is 6. The molecule has 2 aromatic heterocycles. The number of nitrogens with one attached hydrogen (secondary N) is 2. The van der Waals surface area contributed by atoms with Crippen molar-refractivity contribution in [1.82, 2.24) is 19.7 Å². The Labute approximate surface area is 144 Å². The molecule has 2 saturated carbocycles. The number of aryl methyl sites for hydroxylation is 1. The van der Waals surface area contributed by atoms with Crippen LogP contribution < -0.4 is 15.4 Å². The number of fused-ring (bicyclic) bond motifs is 4. The predicted octanol–water partition coefficient (Wildman–Crippen LogP) is 3.30.